The van der Waals surface area contributed by atoms with Crippen LogP contribution in [-0.2, 0) is 32.9 Å². The van der Waals surface area contributed by atoms with E-state index in [-0.39, 0.29) is 12.0 Å². The molecule has 0 fully saturated rings. The molecule has 178 valence electrons. The summed E-state index contributed by atoms with van der Waals surface area (Å²) in [6.07, 6.45) is 2.17. The molecule has 1 aliphatic rings. The van der Waals surface area contributed by atoms with Gasteiger partial charge in [-0.05, 0) is 60.2 Å². The second kappa shape index (κ2) is 9.14. The molecule has 3 rings (SSSR count). The molecule has 0 saturated heterocycles. The Balaban J connectivity index is 2.29. The number of allylic oxidation sites excluding steroid dienone is 2. The van der Waals surface area contributed by atoms with Gasteiger partial charge in [-0.1, -0.05) is 59.6 Å². The first-order valence-electron chi connectivity index (χ1n) is 9.83. The maximum Gasteiger partial charge on any atom is 0.237 e. The average molecular weight is 531 g/mol. The minimum absolute atomic E-state index is 0.0445. The van der Waals surface area contributed by atoms with Crippen molar-refractivity contribution in [1.82, 2.24) is 0 Å². The summed E-state index contributed by atoms with van der Waals surface area (Å²) in [4.78, 5) is -0.602. The van der Waals surface area contributed by atoms with Crippen LogP contribution in [0.5, 0.6) is 0 Å². The molecule has 0 spiro atoms. The molecule has 0 heterocycles. The number of primary sulfonamides is 2. The number of halogens is 2. The number of rotatable bonds is 6. The van der Waals surface area contributed by atoms with Crippen molar-refractivity contribution in [3.63, 3.8) is 0 Å². The molecule has 0 amide bonds. The minimum Gasteiger partial charge on any atom is -0.382 e. The molecular formula is C22H24Cl2N2O5S2. The SMILES string of the molecule is Cc1c(Cl)cccc1CC1=C(S(N)(=O)=O)C(O)(Cc2cccc(Cl)c2C)C(S(N)(=O)=O)C=C1. The van der Waals surface area contributed by atoms with Crippen molar-refractivity contribution in [3.05, 3.63) is 91.3 Å². The largest absolute Gasteiger partial charge is 0.382 e. The number of hydrogen-bond donors (Lipinski definition) is 3. The Kier molecular flexibility index (Phi) is 7.18. The quantitative estimate of drug-likeness (QED) is 0.526. The van der Waals surface area contributed by atoms with E-state index in [1.54, 1.807) is 50.2 Å². The van der Waals surface area contributed by atoms with Crippen LogP contribution in [0.15, 0.2) is 59.0 Å². The fraction of sp³-hybridized carbons (Fsp3) is 0.273. The second-order valence-corrected chi connectivity index (χ2v) is 12.1. The highest BCUT2D eigenvalue weighted by atomic mass is 35.5. The van der Waals surface area contributed by atoms with Crippen molar-refractivity contribution in [1.29, 1.82) is 0 Å². The van der Waals surface area contributed by atoms with E-state index in [1.165, 1.54) is 12.2 Å². The van der Waals surface area contributed by atoms with Gasteiger partial charge in [-0.2, -0.15) is 0 Å². The van der Waals surface area contributed by atoms with Crippen LogP contribution < -0.4 is 10.3 Å². The first-order chi connectivity index (χ1) is 15.2. The van der Waals surface area contributed by atoms with E-state index in [2.05, 4.69) is 0 Å². The summed E-state index contributed by atoms with van der Waals surface area (Å²) in [5, 5.41) is 21.9. The highest BCUT2D eigenvalue weighted by molar-refractivity contribution is 7.93. The zero-order valence-corrected chi connectivity index (χ0v) is 21.1. The summed E-state index contributed by atoms with van der Waals surface area (Å²) < 4.78 is 50.5. The van der Waals surface area contributed by atoms with E-state index < -0.39 is 42.2 Å². The van der Waals surface area contributed by atoms with Crippen LogP contribution in [0.4, 0.5) is 0 Å². The van der Waals surface area contributed by atoms with Gasteiger partial charge in [0, 0.05) is 16.5 Å². The molecule has 2 unspecified atom stereocenters. The van der Waals surface area contributed by atoms with Crippen molar-refractivity contribution in [2.75, 3.05) is 0 Å². The second-order valence-electron chi connectivity index (χ2n) is 8.09. The molecule has 0 aliphatic heterocycles. The fourth-order valence-corrected chi connectivity index (χ4v) is 6.86. The van der Waals surface area contributed by atoms with E-state index in [0.29, 0.717) is 26.7 Å². The topological polar surface area (TPSA) is 141 Å². The van der Waals surface area contributed by atoms with Crippen LogP contribution in [0.1, 0.15) is 22.3 Å². The number of benzene rings is 2. The third-order valence-electron chi connectivity index (χ3n) is 5.87. The monoisotopic (exact) mass is 530 g/mol. The Bertz CT molecular complexity index is 1390. The first kappa shape index (κ1) is 25.9. The van der Waals surface area contributed by atoms with Crippen molar-refractivity contribution in [3.8, 4) is 0 Å². The van der Waals surface area contributed by atoms with Gasteiger partial charge in [0.2, 0.25) is 20.0 Å². The molecule has 33 heavy (non-hydrogen) atoms. The van der Waals surface area contributed by atoms with Crippen molar-refractivity contribution >= 4 is 43.2 Å². The van der Waals surface area contributed by atoms with Gasteiger partial charge in [0.05, 0.1) is 4.91 Å². The van der Waals surface area contributed by atoms with Crippen LogP contribution in [0.2, 0.25) is 10.0 Å². The molecule has 5 N–H and O–H groups in total. The number of nitrogens with two attached hydrogens (primary N) is 2. The van der Waals surface area contributed by atoms with Gasteiger partial charge in [0.15, 0.2) is 0 Å². The summed E-state index contributed by atoms with van der Waals surface area (Å²) in [5.74, 6) is 0. The normalized spacial score (nSPS) is 21.5. The van der Waals surface area contributed by atoms with Crippen LogP contribution in [0, 0.1) is 13.8 Å². The zero-order chi connectivity index (χ0) is 24.8. The summed E-state index contributed by atoms with van der Waals surface area (Å²) in [5.41, 5.74) is 0.109. The Morgan fingerprint density at radius 2 is 1.45 bits per heavy atom. The lowest BCUT2D eigenvalue weighted by Crippen LogP contribution is -2.55. The van der Waals surface area contributed by atoms with E-state index >= 15 is 0 Å². The van der Waals surface area contributed by atoms with Gasteiger partial charge in [0.1, 0.15) is 10.9 Å². The maximum atomic E-state index is 12.8. The Morgan fingerprint density at radius 1 is 0.939 bits per heavy atom. The molecular weight excluding hydrogens is 507 g/mol. The van der Waals surface area contributed by atoms with Gasteiger partial charge >= 0.3 is 0 Å². The van der Waals surface area contributed by atoms with Gasteiger partial charge in [-0.15, -0.1) is 0 Å². The lowest BCUT2D eigenvalue weighted by molar-refractivity contribution is 0.0896. The van der Waals surface area contributed by atoms with E-state index in [4.69, 9.17) is 33.5 Å². The average Bonchev–Trinajstić information content (AvgIpc) is 2.67. The molecule has 2 aromatic rings. The summed E-state index contributed by atoms with van der Waals surface area (Å²) in [6.45, 7) is 3.46. The van der Waals surface area contributed by atoms with Crippen molar-refractivity contribution < 1.29 is 21.9 Å². The summed E-state index contributed by atoms with van der Waals surface area (Å²) >= 11 is 12.4. The number of aliphatic hydroxyl groups is 1. The Morgan fingerprint density at radius 3 is 1.97 bits per heavy atom. The molecule has 2 atom stereocenters. The molecule has 0 bridgehead atoms. The lowest BCUT2D eigenvalue weighted by atomic mass is 9.82. The van der Waals surface area contributed by atoms with E-state index in [9.17, 15) is 21.9 Å². The van der Waals surface area contributed by atoms with Crippen molar-refractivity contribution in [2.45, 2.75) is 37.5 Å². The molecule has 0 radical (unpaired) electrons. The molecule has 0 saturated carbocycles. The molecule has 11 heteroatoms. The number of hydrogen-bond acceptors (Lipinski definition) is 5. The smallest absolute Gasteiger partial charge is 0.237 e. The third-order valence-corrected chi connectivity index (χ3v) is 9.13. The van der Waals surface area contributed by atoms with E-state index in [0.717, 1.165) is 5.56 Å². The Labute approximate surface area is 203 Å². The highest BCUT2D eigenvalue weighted by Crippen LogP contribution is 2.40. The predicted octanol–water partition coefficient (Wildman–Crippen LogP) is 2.90. The molecule has 1 aliphatic carbocycles. The molecule has 7 nitrogen and oxygen atoms in total. The standard InChI is InChI=1S/C22H24Cl2N2O5S2/c1-13-15(5-3-7-18(13)23)11-16-9-10-20(32(25,28)29)22(27,21(16)33(26,30)31)12-17-6-4-8-19(24)14(17)2/h3-10,20,27H,11-12H2,1-2H3,(H2,25,28,29)(H2,26,30,31). The molecule has 2 aromatic carbocycles. The number of sulfonamides is 2. The van der Waals surface area contributed by atoms with Crippen LogP contribution in [0.25, 0.3) is 0 Å². The van der Waals surface area contributed by atoms with Crippen LogP contribution in [-0.4, -0.2) is 32.8 Å². The van der Waals surface area contributed by atoms with Crippen molar-refractivity contribution in [2.24, 2.45) is 10.3 Å². The lowest BCUT2D eigenvalue weighted by Gasteiger charge is -2.38. The van der Waals surface area contributed by atoms with Gasteiger partial charge in [-0.25, -0.2) is 27.1 Å². The van der Waals surface area contributed by atoms with Crippen LogP contribution >= 0.6 is 23.2 Å². The summed E-state index contributed by atoms with van der Waals surface area (Å²) in [6, 6.07) is 10.0. The highest BCUT2D eigenvalue weighted by Gasteiger charge is 2.52. The van der Waals surface area contributed by atoms with Crippen LogP contribution in [0.3, 0.4) is 0 Å². The zero-order valence-electron chi connectivity index (χ0n) is 17.9. The van der Waals surface area contributed by atoms with Gasteiger partial charge < -0.3 is 5.11 Å². The molecule has 0 aromatic heterocycles. The Hall–Kier alpha value is -1.72. The van der Waals surface area contributed by atoms with Gasteiger partial charge in [0.25, 0.3) is 0 Å². The van der Waals surface area contributed by atoms with E-state index in [1.807, 2.05) is 0 Å². The maximum absolute atomic E-state index is 12.8. The predicted molar refractivity (Wildman–Crippen MR) is 131 cm³/mol. The van der Waals surface area contributed by atoms with Gasteiger partial charge in [-0.3, -0.25) is 0 Å². The third kappa shape index (κ3) is 5.19. The first-order valence-corrected chi connectivity index (χ1v) is 13.7. The summed E-state index contributed by atoms with van der Waals surface area (Å²) in [7, 11) is -9.00. The fourth-order valence-electron chi connectivity index (χ4n) is 4.16. The minimum atomic E-state index is -4.57.